The predicted molar refractivity (Wildman–Crippen MR) is 140 cm³/mol. The molecule has 186 valence electrons. The van der Waals surface area contributed by atoms with Crippen molar-refractivity contribution >= 4 is 40.5 Å². The molecule has 8 heteroatoms. The van der Waals surface area contributed by atoms with Gasteiger partial charge in [-0.25, -0.2) is 4.39 Å². The first-order valence-corrected chi connectivity index (χ1v) is 12.2. The van der Waals surface area contributed by atoms with Gasteiger partial charge in [-0.2, -0.15) is 0 Å². The first-order valence-electron chi connectivity index (χ1n) is 11.4. The van der Waals surface area contributed by atoms with Crippen molar-refractivity contribution in [3.05, 3.63) is 81.6 Å². The SMILES string of the molecule is CCOc1cc(CNc2cccc(NC(=O)CC(C)C)c2)cc(Cl)c1OCc1ccc(F)cc1Cl. The topological polar surface area (TPSA) is 59.6 Å². The third-order valence-electron chi connectivity index (χ3n) is 4.99. The first kappa shape index (κ1) is 26.6. The second-order valence-electron chi connectivity index (χ2n) is 8.44. The summed E-state index contributed by atoms with van der Waals surface area (Å²) < 4.78 is 25.0. The first-order chi connectivity index (χ1) is 16.7. The van der Waals surface area contributed by atoms with Crippen molar-refractivity contribution in [2.75, 3.05) is 17.2 Å². The Morgan fingerprint density at radius 1 is 1.00 bits per heavy atom. The number of halogens is 3. The van der Waals surface area contributed by atoms with Crippen LogP contribution in [0, 0.1) is 11.7 Å². The van der Waals surface area contributed by atoms with E-state index in [1.54, 1.807) is 12.1 Å². The average Bonchev–Trinajstić information content (AvgIpc) is 2.78. The molecular weight excluding hydrogens is 490 g/mol. The van der Waals surface area contributed by atoms with Gasteiger partial charge in [-0.1, -0.05) is 49.2 Å². The molecular formula is C27H29Cl2FN2O3. The highest BCUT2D eigenvalue weighted by atomic mass is 35.5. The van der Waals surface area contributed by atoms with E-state index >= 15 is 0 Å². The molecule has 3 rings (SSSR count). The Hall–Kier alpha value is -2.96. The van der Waals surface area contributed by atoms with Crippen LogP contribution in [0.3, 0.4) is 0 Å². The Morgan fingerprint density at radius 3 is 2.49 bits per heavy atom. The molecule has 0 spiro atoms. The van der Waals surface area contributed by atoms with Crippen LogP contribution >= 0.6 is 23.2 Å². The summed E-state index contributed by atoms with van der Waals surface area (Å²) in [6.07, 6.45) is 0.470. The highest BCUT2D eigenvalue weighted by molar-refractivity contribution is 6.32. The van der Waals surface area contributed by atoms with Gasteiger partial charge in [0.2, 0.25) is 5.91 Å². The largest absolute Gasteiger partial charge is 0.490 e. The van der Waals surface area contributed by atoms with E-state index in [-0.39, 0.29) is 17.5 Å². The number of ether oxygens (including phenoxy) is 2. The van der Waals surface area contributed by atoms with Gasteiger partial charge in [-0.3, -0.25) is 4.79 Å². The number of carbonyl (C=O) groups is 1. The molecule has 5 nitrogen and oxygen atoms in total. The molecule has 0 aliphatic rings. The van der Waals surface area contributed by atoms with Crippen molar-refractivity contribution in [2.24, 2.45) is 5.92 Å². The normalized spacial score (nSPS) is 10.8. The summed E-state index contributed by atoms with van der Waals surface area (Å²) in [4.78, 5) is 12.1. The van der Waals surface area contributed by atoms with Gasteiger partial charge >= 0.3 is 0 Å². The summed E-state index contributed by atoms with van der Waals surface area (Å²) in [5.41, 5.74) is 3.11. The molecule has 0 bridgehead atoms. The molecule has 0 unspecified atom stereocenters. The van der Waals surface area contributed by atoms with E-state index in [2.05, 4.69) is 10.6 Å². The van der Waals surface area contributed by atoms with Crippen molar-refractivity contribution in [3.8, 4) is 11.5 Å². The Balaban J connectivity index is 1.69. The second-order valence-corrected chi connectivity index (χ2v) is 9.26. The number of rotatable bonds is 11. The number of hydrogen-bond acceptors (Lipinski definition) is 4. The van der Waals surface area contributed by atoms with Crippen LogP contribution in [0.4, 0.5) is 15.8 Å². The van der Waals surface area contributed by atoms with Crippen LogP contribution in [0.25, 0.3) is 0 Å². The number of nitrogens with one attached hydrogen (secondary N) is 2. The smallest absolute Gasteiger partial charge is 0.224 e. The summed E-state index contributed by atoms with van der Waals surface area (Å²) in [6.45, 7) is 6.91. The lowest BCUT2D eigenvalue weighted by Crippen LogP contribution is -2.13. The van der Waals surface area contributed by atoms with Crippen LogP contribution in [0.2, 0.25) is 10.0 Å². The molecule has 0 aliphatic heterocycles. The van der Waals surface area contributed by atoms with E-state index in [4.69, 9.17) is 32.7 Å². The summed E-state index contributed by atoms with van der Waals surface area (Å²) in [7, 11) is 0. The fraction of sp³-hybridized carbons (Fsp3) is 0.296. The van der Waals surface area contributed by atoms with E-state index in [9.17, 15) is 9.18 Å². The van der Waals surface area contributed by atoms with E-state index in [0.717, 1.165) is 16.9 Å². The van der Waals surface area contributed by atoms with Crippen LogP contribution in [-0.2, 0) is 17.9 Å². The number of anilines is 2. The monoisotopic (exact) mass is 518 g/mol. The van der Waals surface area contributed by atoms with Crippen LogP contribution in [-0.4, -0.2) is 12.5 Å². The van der Waals surface area contributed by atoms with Crippen molar-refractivity contribution in [3.63, 3.8) is 0 Å². The maximum absolute atomic E-state index is 13.3. The average molecular weight is 519 g/mol. The summed E-state index contributed by atoms with van der Waals surface area (Å²) in [5.74, 6) is 0.771. The van der Waals surface area contributed by atoms with Gasteiger partial charge in [0, 0.05) is 29.9 Å². The zero-order valence-corrected chi connectivity index (χ0v) is 21.5. The highest BCUT2D eigenvalue weighted by Gasteiger charge is 2.14. The number of amides is 1. The number of hydrogen-bond donors (Lipinski definition) is 2. The van der Waals surface area contributed by atoms with Crippen LogP contribution in [0.15, 0.2) is 54.6 Å². The zero-order chi connectivity index (χ0) is 25.4. The predicted octanol–water partition coefficient (Wildman–Crippen LogP) is 7.71. The van der Waals surface area contributed by atoms with Crippen molar-refractivity contribution in [2.45, 2.75) is 40.3 Å². The molecule has 0 atom stereocenters. The number of benzene rings is 3. The fourth-order valence-corrected chi connectivity index (χ4v) is 3.92. The molecule has 0 saturated carbocycles. The standard InChI is InChI=1S/C27H29Cl2FN2O3/c1-4-34-25-12-18(11-24(29)27(25)35-16-19-8-9-20(30)13-23(19)28)15-31-21-6-5-7-22(14-21)32-26(33)10-17(2)3/h5-9,11-14,17,31H,4,10,15-16H2,1-3H3,(H,32,33). The third-order valence-corrected chi connectivity index (χ3v) is 5.63. The van der Waals surface area contributed by atoms with E-state index in [1.807, 2.05) is 51.1 Å². The minimum Gasteiger partial charge on any atom is -0.490 e. The van der Waals surface area contributed by atoms with Crippen LogP contribution < -0.4 is 20.1 Å². The lowest BCUT2D eigenvalue weighted by molar-refractivity contribution is -0.116. The quantitative estimate of drug-likeness (QED) is 0.273. The molecule has 35 heavy (non-hydrogen) atoms. The van der Waals surface area contributed by atoms with Gasteiger partial charge in [0.1, 0.15) is 12.4 Å². The van der Waals surface area contributed by atoms with E-state index in [1.165, 1.54) is 12.1 Å². The maximum atomic E-state index is 13.3. The minimum atomic E-state index is -0.410. The highest BCUT2D eigenvalue weighted by Crippen LogP contribution is 2.38. The Kier molecular flexibility index (Phi) is 9.64. The molecule has 0 aromatic heterocycles. The Morgan fingerprint density at radius 2 is 1.77 bits per heavy atom. The second kappa shape index (κ2) is 12.7. The summed E-state index contributed by atoms with van der Waals surface area (Å²) in [6, 6.07) is 15.3. The zero-order valence-electron chi connectivity index (χ0n) is 20.0. The lowest BCUT2D eigenvalue weighted by atomic mass is 10.1. The molecule has 0 fully saturated rings. The van der Waals surface area contributed by atoms with Gasteiger partial charge in [-0.15, -0.1) is 0 Å². The molecule has 0 aliphatic carbocycles. The summed E-state index contributed by atoms with van der Waals surface area (Å²) in [5, 5.41) is 6.93. The Labute approximate surface area is 215 Å². The summed E-state index contributed by atoms with van der Waals surface area (Å²) >= 11 is 12.6. The lowest BCUT2D eigenvalue weighted by Gasteiger charge is -2.16. The molecule has 0 heterocycles. The van der Waals surface area contributed by atoms with Gasteiger partial charge in [0.15, 0.2) is 11.5 Å². The Bertz CT molecular complexity index is 1170. The van der Waals surface area contributed by atoms with Gasteiger partial charge in [-0.05, 0) is 60.9 Å². The molecule has 0 radical (unpaired) electrons. The van der Waals surface area contributed by atoms with E-state index in [0.29, 0.717) is 47.6 Å². The molecule has 1 amide bonds. The molecule has 2 N–H and O–H groups in total. The van der Waals surface area contributed by atoms with Crippen molar-refractivity contribution < 1.29 is 18.7 Å². The van der Waals surface area contributed by atoms with Gasteiger partial charge < -0.3 is 20.1 Å². The third kappa shape index (κ3) is 8.05. The minimum absolute atomic E-state index is 0.0113. The van der Waals surface area contributed by atoms with Crippen molar-refractivity contribution in [1.29, 1.82) is 0 Å². The maximum Gasteiger partial charge on any atom is 0.224 e. The van der Waals surface area contributed by atoms with Crippen LogP contribution in [0.5, 0.6) is 11.5 Å². The molecule has 3 aromatic carbocycles. The van der Waals surface area contributed by atoms with E-state index < -0.39 is 5.82 Å². The van der Waals surface area contributed by atoms with Crippen molar-refractivity contribution in [1.82, 2.24) is 0 Å². The molecule has 3 aromatic rings. The van der Waals surface area contributed by atoms with Gasteiger partial charge in [0.05, 0.1) is 16.7 Å². The van der Waals surface area contributed by atoms with Gasteiger partial charge in [0.25, 0.3) is 0 Å². The number of carbonyl (C=O) groups excluding carboxylic acids is 1. The molecule has 0 saturated heterocycles. The fourth-order valence-electron chi connectivity index (χ4n) is 3.41. The van der Waals surface area contributed by atoms with Crippen LogP contribution in [0.1, 0.15) is 38.3 Å².